The molecular weight excluding hydrogens is 222 g/mol. The van der Waals surface area contributed by atoms with E-state index in [-0.39, 0.29) is 17.8 Å². The second-order valence-electron chi connectivity index (χ2n) is 2.59. The fourth-order valence-corrected chi connectivity index (χ4v) is 0.981. The maximum Gasteiger partial charge on any atom is 0.387 e. The Hall–Kier alpha value is -2.18. The highest BCUT2D eigenvalue weighted by Gasteiger charge is 2.10. The molecule has 1 rings (SSSR count). The Kier molecular flexibility index (Phi) is 4.19. The number of alkyl halides is 2. The van der Waals surface area contributed by atoms with Crippen molar-refractivity contribution in [2.24, 2.45) is 0 Å². The molecule has 16 heavy (non-hydrogen) atoms. The van der Waals surface area contributed by atoms with Gasteiger partial charge >= 0.3 is 12.6 Å². The van der Waals surface area contributed by atoms with Crippen LogP contribution in [-0.4, -0.2) is 19.1 Å². The Morgan fingerprint density at radius 1 is 1.38 bits per heavy atom. The van der Waals surface area contributed by atoms with Crippen molar-refractivity contribution in [3.05, 3.63) is 24.3 Å². The number of rotatable bonds is 4. The third-order valence-electron chi connectivity index (χ3n) is 1.54. The van der Waals surface area contributed by atoms with Gasteiger partial charge < -0.3 is 10.1 Å². The molecule has 0 aromatic heterocycles. The van der Waals surface area contributed by atoms with Crippen molar-refractivity contribution in [2.75, 3.05) is 5.32 Å². The topological polar surface area (TPSA) is 67.4 Å². The Labute approximate surface area is 89.4 Å². The van der Waals surface area contributed by atoms with Crippen molar-refractivity contribution in [1.82, 2.24) is 5.32 Å². The molecule has 0 fully saturated rings. The number of hydrogen-bond acceptors (Lipinski definition) is 3. The largest absolute Gasteiger partial charge is 0.433 e. The first-order chi connectivity index (χ1) is 7.63. The van der Waals surface area contributed by atoms with E-state index >= 15 is 0 Å². The van der Waals surface area contributed by atoms with Crippen LogP contribution in [0.3, 0.4) is 0 Å². The van der Waals surface area contributed by atoms with Gasteiger partial charge in [0.25, 0.3) is 0 Å². The molecule has 1 aromatic carbocycles. The molecule has 0 radical (unpaired) electrons. The number of para-hydroxylation sites is 2. The number of benzene rings is 1. The normalized spacial score (nSPS) is 9.69. The number of anilines is 1. The Morgan fingerprint density at radius 2 is 2.06 bits per heavy atom. The van der Waals surface area contributed by atoms with Crippen LogP contribution in [0.5, 0.6) is 5.75 Å². The van der Waals surface area contributed by atoms with E-state index in [4.69, 9.17) is 0 Å². The fourth-order valence-electron chi connectivity index (χ4n) is 0.981. The van der Waals surface area contributed by atoms with Crippen LogP contribution in [0, 0.1) is 0 Å². The summed E-state index contributed by atoms with van der Waals surface area (Å²) in [5.41, 5.74) is 0.0437. The predicted molar refractivity (Wildman–Crippen MR) is 51.3 cm³/mol. The Morgan fingerprint density at radius 3 is 2.69 bits per heavy atom. The maximum absolute atomic E-state index is 12.0. The third-order valence-corrected chi connectivity index (χ3v) is 1.54. The molecule has 5 nitrogen and oxygen atoms in total. The zero-order valence-corrected chi connectivity index (χ0v) is 7.94. The lowest BCUT2D eigenvalue weighted by molar-refractivity contribution is -0.108. The minimum absolute atomic E-state index is 0.0437. The van der Waals surface area contributed by atoms with Crippen molar-refractivity contribution in [1.29, 1.82) is 0 Å². The number of urea groups is 1. The molecule has 0 atom stereocenters. The van der Waals surface area contributed by atoms with Crippen LogP contribution in [0.15, 0.2) is 24.3 Å². The molecule has 0 aliphatic carbocycles. The summed E-state index contributed by atoms with van der Waals surface area (Å²) in [6.07, 6.45) is 0.173. The summed E-state index contributed by atoms with van der Waals surface area (Å²) in [7, 11) is 0. The number of carbonyl (C=O) groups is 2. The summed E-state index contributed by atoms with van der Waals surface area (Å²) in [5.74, 6) is -0.182. The molecule has 0 aliphatic rings. The summed E-state index contributed by atoms with van der Waals surface area (Å²) in [4.78, 5) is 20.9. The molecular formula is C9H8F2N2O3. The van der Waals surface area contributed by atoms with Crippen LogP contribution in [0.4, 0.5) is 19.3 Å². The molecule has 0 saturated carbocycles. The highest BCUT2D eigenvalue weighted by molar-refractivity contribution is 5.96. The van der Waals surface area contributed by atoms with E-state index in [1.807, 2.05) is 0 Å². The number of halogens is 2. The first-order valence-corrected chi connectivity index (χ1v) is 4.18. The van der Waals surface area contributed by atoms with Crippen LogP contribution in [-0.2, 0) is 4.79 Å². The molecule has 1 aromatic rings. The molecule has 0 saturated heterocycles. The smallest absolute Gasteiger partial charge is 0.387 e. The average molecular weight is 230 g/mol. The molecule has 0 unspecified atom stereocenters. The monoisotopic (exact) mass is 230 g/mol. The number of imide groups is 1. The lowest BCUT2D eigenvalue weighted by Crippen LogP contribution is -2.27. The van der Waals surface area contributed by atoms with E-state index in [0.717, 1.165) is 0 Å². The lowest BCUT2D eigenvalue weighted by atomic mass is 10.3. The SMILES string of the molecule is O=CNC(=O)Nc1ccccc1OC(F)F. The van der Waals surface area contributed by atoms with Crippen molar-refractivity contribution in [2.45, 2.75) is 6.61 Å². The van der Waals surface area contributed by atoms with Crippen molar-refractivity contribution in [3.8, 4) is 5.75 Å². The van der Waals surface area contributed by atoms with Gasteiger partial charge in [0.15, 0.2) is 0 Å². The summed E-state index contributed by atoms with van der Waals surface area (Å²) < 4.78 is 28.1. The molecule has 86 valence electrons. The Bertz CT molecular complexity index is 385. The molecule has 0 bridgehead atoms. The zero-order chi connectivity index (χ0) is 12.0. The van der Waals surface area contributed by atoms with E-state index in [1.54, 1.807) is 5.32 Å². The van der Waals surface area contributed by atoms with Gasteiger partial charge in [0.1, 0.15) is 5.75 Å². The first kappa shape index (κ1) is 11.9. The van der Waals surface area contributed by atoms with Gasteiger partial charge in [-0.25, -0.2) is 4.79 Å². The highest BCUT2D eigenvalue weighted by Crippen LogP contribution is 2.25. The quantitative estimate of drug-likeness (QED) is 0.771. The number of nitrogens with one attached hydrogen (secondary N) is 2. The van der Waals surface area contributed by atoms with Gasteiger partial charge in [-0.2, -0.15) is 8.78 Å². The first-order valence-electron chi connectivity index (χ1n) is 4.18. The average Bonchev–Trinajstić information content (AvgIpc) is 2.20. The molecule has 0 aliphatic heterocycles. The fraction of sp³-hybridized carbons (Fsp3) is 0.111. The van der Waals surface area contributed by atoms with Crippen LogP contribution in [0.1, 0.15) is 0 Å². The van der Waals surface area contributed by atoms with Crippen LogP contribution >= 0.6 is 0 Å². The van der Waals surface area contributed by atoms with Gasteiger partial charge in [-0.05, 0) is 12.1 Å². The number of carbonyl (C=O) groups excluding carboxylic acids is 2. The van der Waals surface area contributed by atoms with Gasteiger partial charge in [0, 0.05) is 0 Å². The summed E-state index contributed by atoms with van der Waals surface area (Å²) >= 11 is 0. The molecule has 0 spiro atoms. The van der Waals surface area contributed by atoms with Crippen LogP contribution in [0.25, 0.3) is 0 Å². The van der Waals surface area contributed by atoms with E-state index in [1.165, 1.54) is 24.3 Å². The number of hydrogen-bond donors (Lipinski definition) is 2. The summed E-state index contributed by atoms with van der Waals surface area (Å²) in [6.45, 7) is -2.99. The van der Waals surface area contributed by atoms with Crippen LogP contribution < -0.4 is 15.4 Å². The minimum Gasteiger partial charge on any atom is -0.433 e. The number of amides is 3. The van der Waals surface area contributed by atoms with E-state index in [2.05, 4.69) is 10.1 Å². The number of ether oxygens (including phenoxy) is 1. The standard InChI is InChI=1S/C9H8F2N2O3/c10-8(11)16-7-4-2-1-3-6(7)13-9(15)12-5-14/h1-5,8H,(H2,12,13,14,15). The van der Waals surface area contributed by atoms with Gasteiger partial charge in [-0.1, -0.05) is 12.1 Å². The molecule has 7 heteroatoms. The zero-order valence-electron chi connectivity index (χ0n) is 7.94. The van der Waals surface area contributed by atoms with Crippen LogP contribution in [0.2, 0.25) is 0 Å². The van der Waals surface area contributed by atoms with Gasteiger partial charge in [-0.15, -0.1) is 0 Å². The predicted octanol–water partition coefficient (Wildman–Crippen LogP) is 1.57. The second kappa shape index (κ2) is 5.64. The molecule has 2 N–H and O–H groups in total. The van der Waals surface area contributed by atoms with E-state index in [9.17, 15) is 18.4 Å². The highest BCUT2D eigenvalue weighted by atomic mass is 19.3. The molecule has 3 amide bonds. The van der Waals surface area contributed by atoms with Crippen molar-refractivity contribution < 1.29 is 23.1 Å². The molecule has 0 heterocycles. The van der Waals surface area contributed by atoms with Crippen molar-refractivity contribution >= 4 is 18.1 Å². The second-order valence-corrected chi connectivity index (χ2v) is 2.59. The minimum atomic E-state index is -2.99. The van der Waals surface area contributed by atoms with Gasteiger partial charge in [-0.3, -0.25) is 10.1 Å². The van der Waals surface area contributed by atoms with E-state index in [0.29, 0.717) is 0 Å². The Balaban J connectivity index is 2.78. The van der Waals surface area contributed by atoms with Gasteiger partial charge in [0.05, 0.1) is 5.69 Å². The third kappa shape index (κ3) is 3.52. The van der Waals surface area contributed by atoms with E-state index < -0.39 is 12.6 Å². The summed E-state index contributed by atoms with van der Waals surface area (Å²) in [6, 6.07) is 4.79. The lowest BCUT2D eigenvalue weighted by Gasteiger charge is -2.10. The van der Waals surface area contributed by atoms with Crippen molar-refractivity contribution in [3.63, 3.8) is 0 Å². The maximum atomic E-state index is 12.0. The van der Waals surface area contributed by atoms with Gasteiger partial charge in [0.2, 0.25) is 6.41 Å². The summed E-state index contributed by atoms with van der Waals surface area (Å²) in [5, 5.41) is 3.98.